The fraction of sp³-hybridized carbons (Fsp3) is 0.348. The van der Waals surface area contributed by atoms with Crippen molar-refractivity contribution in [1.82, 2.24) is 9.47 Å². The smallest absolute Gasteiger partial charge is 0.340 e. The number of phenols is 1. The first kappa shape index (κ1) is 18.7. The fourth-order valence-corrected chi connectivity index (χ4v) is 4.95. The Morgan fingerprint density at radius 2 is 2.00 bits per heavy atom. The van der Waals surface area contributed by atoms with Gasteiger partial charge in [0.05, 0.1) is 12.0 Å². The van der Waals surface area contributed by atoms with Crippen molar-refractivity contribution < 1.29 is 14.3 Å². The number of aromatic nitrogens is 1. The van der Waals surface area contributed by atoms with Gasteiger partial charge >= 0.3 is 5.63 Å². The maximum absolute atomic E-state index is 13.1. The van der Waals surface area contributed by atoms with Crippen LogP contribution in [-0.4, -0.2) is 33.6 Å². The summed E-state index contributed by atoms with van der Waals surface area (Å²) in [5.41, 5.74) is 1.81. The van der Waals surface area contributed by atoms with Gasteiger partial charge < -0.3 is 19.0 Å². The third kappa shape index (κ3) is 3.01. The number of hydrogen-bond acceptors (Lipinski definition) is 5. The maximum atomic E-state index is 13.1. The predicted molar refractivity (Wildman–Crippen MR) is 111 cm³/mol. The summed E-state index contributed by atoms with van der Waals surface area (Å²) < 4.78 is 7.18. The van der Waals surface area contributed by atoms with Gasteiger partial charge in [0.2, 0.25) is 5.91 Å². The van der Waals surface area contributed by atoms with Gasteiger partial charge in [0, 0.05) is 48.8 Å². The molecule has 2 unspecified atom stereocenters. The van der Waals surface area contributed by atoms with Crippen LogP contribution in [0.15, 0.2) is 50.4 Å². The van der Waals surface area contributed by atoms with Crippen molar-refractivity contribution >= 4 is 16.9 Å². The average molecular weight is 406 g/mol. The van der Waals surface area contributed by atoms with E-state index in [1.807, 2.05) is 15.5 Å². The van der Waals surface area contributed by atoms with Gasteiger partial charge in [0.1, 0.15) is 11.3 Å². The van der Waals surface area contributed by atoms with Crippen LogP contribution in [0.4, 0.5) is 0 Å². The summed E-state index contributed by atoms with van der Waals surface area (Å²) in [6.07, 6.45) is 0.944. The summed E-state index contributed by atoms with van der Waals surface area (Å²) in [5, 5.41) is 10.3. The number of piperidine rings is 1. The first-order valence-electron chi connectivity index (χ1n) is 10.1. The zero-order valence-electron chi connectivity index (χ0n) is 16.6. The Labute approximate surface area is 172 Å². The number of rotatable bonds is 2. The van der Waals surface area contributed by atoms with Gasteiger partial charge in [-0.2, -0.15) is 0 Å². The van der Waals surface area contributed by atoms with Crippen molar-refractivity contribution in [2.24, 2.45) is 5.92 Å². The van der Waals surface area contributed by atoms with Crippen molar-refractivity contribution in [3.63, 3.8) is 0 Å². The third-order valence-corrected chi connectivity index (χ3v) is 6.43. The highest BCUT2D eigenvalue weighted by molar-refractivity contribution is 5.85. The van der Waals surface area contributed by atoms with Gasteiger partial charge in [0.15, 0.2) is 0 Å². The van der Waals surface area contributed by atoms with Gasteiger partial charge in [-0.15, -0.1) is 0 Å². The number of nitrogens with zero attached hydrogens (tertiary/aromatic N) is 2. The van der Waals surface area contributed by atoms with Crippen LogP contribution < -0.4 is 11.2 Å². The SMILES string of the molecule is Cc1c(CC(=O)N2CC3CC(C2)c2cccc(=O)n2C3)c(=O)oc2cc(O)ccc12. The zero-order valence-corrected chi connectivity index (χ0v) is 16.6. The average Bonchev–Trinajstić information content (AvgIpc) is 2.71. The van der Waals surface area contributed by atoms with E-state index in [0.29, 0.717) is 41.7 Å². The Balaban J connectivity index is 1.43. The summed E-state index contributed by atoms with van der Waals surface area (Å²) in [6.45, 7) is 3.55. The Morgan fingerprint density at radius 3 is 2.83 bits per heavy atom. The maximum Gasteiger partial charge on any atom is 0.340 e. The number of aromatic hydroxyl groups is 1. The molecule has 1 N–H and O–H groups in total. The zero-order chi connectivity index (χ0) is 21.0. The van der Waals surface area contributed by atoms with Crippen LogP contribution in [0.3, 0.4) is 0 Å². The number of phenolic OH excluding ortho intramolecular Hbond substituents is 1. The number of carbonyl (C=O) groups is 1. The molecule has 1 saturated heterocycles. The molecule has 2 aromatic heterocycles. The van der Waals surface area contributed by atoms with Crippen LogP contribution in [0.2, 0.25) is 0 Å². The van der Waals surface area contributed by atoms with Gasteiger partial charge in [-0.1, -0.05) is 6.07 Å². The third-order valence-electron chi connectivity index (χ3n) is 6.43. The molecule has 7 heteroatoms. The van der Waals surface area contributed by atoms with Crippen molar-refractivity contribution in [1.29, 1.82) is 0 Å². The molecule has 1 fully saturated rings. The van der Waals surface area contributed by atoms with Crippen LogP contribution >= 0.6 is 0 Å². The molecule has 0 saturated carbocycles. The number of amides is 1. The van der Waals surface area contributed by atoms with E-state index in [2.05, 4.69) is 0 Å². The van der Waals surface area contributed by atoms with E-state index in [0.717, 1.165) is 12.1 Å². The summed E-state index contributed by atoms with van der Waals surface area (Å²) in [5.74, 6) is 0.280. The molecule has 0 radical (unpaired) electrons. The van der Waals surface area contributed by atoms with E-state index >= 15 is 0 Å². The number of carbonyl (C=O) groups excluding carboxylic acids is 1. The van der Waals surface area contributed by atoms with Crippen LogP contribution in [0.25, 0.3) is 11.0 Å². The lowest BCUT2D eigenvalue weighted by Crippen LogP contribution is -2.49. The number of hydrogen-bond donors (Lipinski definition) is 1. The molecule has 5 rings (SSSR count). The molecule has 1 aromatic carbocycles. The lowest BCUT2D eigenvalue weighted by atomic mass is 9.83. The largest absolute Gasteiger partial charge is 0.508 e. The normalized spacial score (nSPS) is 20.2. The number of fused-ring (bicyclic) bond motifs is 5. The summed E-state index contributed by atoms with van der Waals surface area (Å²) >= 11 is 0. The van der Waals surface area contributed by atoms with Crippen LogP contribution in [0.1, 0.15) is 29.2 Å². The highest BCUT2D eigenvalue weighted by Gasteiger charge is 2.36. The fourth-order valence-electron chi connectivity index (χ4n) is 4.95. The van der Waals surface area contributed by atoms with Crippen molar-refractivity contribution in [3.05, 3.63) is 74.0 Å². The van der Waals surface area contributed by atoms with E-state index in [-0.39, 0.29) is 35.5 Å². The van der Waals surface area contributed by atoms with E-state index in [4.69, 9.17) is 4.42 Å². The molecule has 0 aliphatic carbocycles. The molecule has 2 bridgehead atoms. The van der Waals surface area contributed by atoms with Gasteiger partial charge in [-0.25, -0.2) is 4.79 Å². The van der Waals surface area contributed by atoms with Gasteiger partial charge in [-0.3, -0.25) is 9.59 Å². The number of benzene rings is 1. The number of likely N-dealkylation sites (tertiary alicyclic amines) is 1. The van der Waals surface area contributed by atoms with E-state index in [9.17, 15) is 19.5 Å². The Morgan fingerprint density at radius 1 is 1.17 bits per heavy atom. The second-order valence-corrected chi connectivity index (χ2v) is 8.35. The van der Waals surface area contributed by atoms with Crippen molar-refractivity contribution in [2.45, 2.75) is 32.2 Å². The van der Waals surface area contributed by atoms with Crippen molar-refractivity contribution in [2.75, 3.05) is 13.1 Å². The molecule has 4 heterocycles. The Bertz CT molecular complexity index is 1290. The minimum Gasteiger partial charge on any atom is -0.508 e. The quantitative estimate of drug-likeness (QED) is 0.659. The Hall–Kier alpha value is -3.35. The molecule has 0 spiro atoms. The van der Waals surface area contributed by atoms with Gasteiger partial charge in [0.25, 0.3) is 5.56 Å². The molecule has 3 aromatic rings. The predicted octanol–water partition coefficient (Wildman–Crippen LogP) is 2.16. The van der Waals surface area contributed by atoms with E-state index < -0.39 is 5.63 Å². The van der Waals surface area contributed by atoms with E-state index in [1.165, 1.54) is 12.1 Å². The molecular weight excluding hydrogens is 384 g/mol. The van der Waals surface area contributed by atoms with Crippen LogP contribution in [0.5, 0.6) is 5.75 Å². The van der Waals surface area contributed by atoms with Gasteiger partial charge in [-0.05, 0) is 43.0 Å². The van der Waals surface area contributed by atoms with Crippen molar-refractivity contribution in [3.8, 4) is 5.75 Å². The summed E-state index contributed by atoms with van der Waals surface area (Å²) in [6, 6.07) is 9.95. The molecule has 30 heavy (non-hydrogen) atoms. The molecular formula is C23H22N2O5. The standard InChI is InChI=1S/C23H22N2O5/c1-13-17-6-5-16(26)8-20(17)30-23(29)18(13)9-22(28)24-10-14-7-15(12-24)19-3-2-4-21(27)25(19)11-14/h2-6,8,14-15,26H,7,9-12H2,1H3. The highest BCUT2D eigenvalue weighted by atomic mass is 16.4. The van der Waals surface area contributed by atoms with E-state index in [1.54, 1.807) is 25.1 Å². The summed E-state index contributed by atoms with van der Waals surface area (Å²) in [7, 11) is 0. The molecule has 2 aliphatic rings. The molecule has 1 amide bonds. The second kappa shape index (κ2) is 6.86. The first-order valence-corrected chi connectivity index (χ1v) is 10.1. The molecule has 154 valence electrons. The monoisotopic (exact) mass is 406 g/mol. The lowest BCUT2D eigenvalue weighted by molar-refractivity contribution is -0.133. The topological polar surface area (TPSA) is 92.8 Å². The Kier molecular flexibility index (Phi) is 4.27. The minimum absolute atomic E-state index is 0.0115. The van der Waals surface area contributed by atoms with Crippen LogP contribution in [0, 0.1) is 12.8 Å². The molecule has 7 nitrogen and oxygen atoms in total. The lowest BCUT2D eigenvalue weighted by Gasteiger charge is -2.42. The van der Waals surface area contributed by atoms with Crippen LogP contribution in [-0.2, 0) is 17.8 Å². The molecule has 2 atom stereocenters. The first-order chi connectivity index (χ1) is 14.4. The number of aryl methyl sites for hydroxylation is 1. The second-order valence-electron chi connectivity index (χ2n) is 8.35. The summed E-state index contributed by atoms with van der Waals surface area (Å²) in [4.78, 5) is 39.6. The number of pyridine rings is 1. The highest BCUT2D eigenvalue weighted by Crippen LogP contribution is 2.35. The minimum atomic E-state index is -0.548. The molecule has 2 aliphatic heterocycles.